The van der Waals surface area contributed by atoms with E-state index in [4.69, 9.17) is 16.7 Å². The Morgan fingerprint density at radius 3 is 2.75 bits per heavy atom. The molecule has 3 heterocycles. The molecule has 3 N–H and O–H groups in total. The third kappa shape index (κ3) is 5.36. The molecular formula is C27H29ClN6O2. The van der Waals surface area contributed by atoms with Crippen LogP contribution in [0.4, 0.5) is 11.4 Å². The van der Waals surface area contributed by atoms with Gasteiger partial charge in [0.15, 0.2) is 5.65 Å². The van der Waals surface area contributed by atoms with E-state index < -0.39 is 0 Å². The van der Waals surface area contributed by atoms with Crippen molar-refractivity contribution < 1.29 is 9.90 Å². The molecule has 5 rings (SSSR count). The van der Waals surface area contributed by atoms with Crippen molar-refractivity contribution in [2.75, 3.05) is 43.0 Å². The molecule has 1 aliphatic heterocycles. The van der Waals surface area contributed by atoms with Crippen LogP contribution in [0, 0.1) is 5.92 Å². The summed E-state index contributed by atoms with van der Waals surface area (Å²) in [4.78, 5) is 20.2. The summed E-state index contributed by atoms with van der Waals surface area (Å²) in [5.41, 5.74) is 4.39. The van der Waals surface area contributed by atoms with E-state index in [9.17, 15) is 4.79 Å². The summed E-state index contributed by atoms with van der Waals surface area (Å²) in [5.74, 6) is 0.320. The highest BCUT2D eigenvalue weighted by molar-refractivity contribution is 6.30. The molecule has 2 aromatic carbocycles. The van der Waals surface area contributed by atoms with Gasteiger partial charge in [0, 0.05) is 36.4 Å². The van der Waals surface area contributed by atoms with Crippen LogP contribution in [0.3, 0.4) is 0 Å². The first kappa shape index (κ1) is 24.2. The maximum atomic E-state index is 13.2. The van der Waals surface area contributed by atoms with Gasteiger partial charge in [-0.05, 0) is 61.2 Å². The number of rotatable bonds is 8. The lowest BCUT2D eigenvalue weighted by molar-refractivity contribution is 0.102. The topological polar surface area (TPSA) is 94.8 Å². The van der Waals surface area contributed by atoms with Gasteiger partial charge in [0.1, 0.15) is 5.69 Å². The Balaban J connectivity index is 1.32. The minimum atomic E-state index is -0.272. The molecule has 186 valence electrons. The van der Waals surface area contributed by atoms with Gasteiger partial charge in [-0.1, -0.05) is 35.9 Å². The summed E-state index contributed by atoms with van der Waals surface area (Å²) in [6.45, 7) is 3.56. The largest absolute Gasteiger partial charge is 0.395 e. The predicted octanol–water partition coefficient (Wildman–Crippen LogP) is 4.10. The molecule has 36 heavy (non-hydrogen) atoms. The molecule has 0 radical (unpaired) electrons. The molecule has 0 unspecified atom stereocenters. The molecule has 4 aromatic rings. The molecule has 2 aromatic heterocycles. The highest BCUT2D eigenvalue weighted by Crippen LogP contribution is 2.30. The zero-order valence-electron chi connectivity index (χ0n) is 19.9. The average Bonchev–Trinajstić information content (AvgIpc) is 3.33. The minimum Gasteiger partial charge on any atom is -0.395 e. The van der Waals surface area contributed by atoms with Gasteiger partial charge in [-0.3, -0.25) is 4.79 Å². The number of halogens is 1. The van der Waals surface area contributed by atoms with Crippen molar-refractivity contribution in [3.8, 4) is 11.1 Å². The SMILES string of the molecule is O=C(Nc1ccccc1N1CCC(CNCCO)CC1)c1ccn2ncc(-c3cccc(Cl)c3)c2n1. The molecule has 0 spiro atoms. The van der Waals surface area contributed by atoms with Crippen LogP contribution >= 0.6 is 11.6 Å². The Hall–Kier alpha value is -3.46. The second kappa shape index (κ2) is 11.1. The van der Waals surface area contributed by atoms with Gasteiger partial charge in [0.05, 0.1) is 24.2 Å². The standard InChI is InChI=1S/C27H29ClN6O2/c28-21-5-3-4-20(16-21)22-18-30-34-14-10-24(31-26(22)34)27(36)32-23-6-1-2-7-25(23)33-12-8-19(9-13-33)17-29-11-15-35/h1-7,10,14,16,18-19,29,35H,8-9,11-13,15,17H2,(H,32,36). The highest BCUT2D eigenvalue weighted by atomic mass is 35.5. The number of piperidine rings is 1. The van der Waals surface area contributed by atoms with Crippen LogP contribution in [-0.2, 0) is 0 Å². The van der Waals surface area contributed by atoms with E-state index in [0.29, 0.717) is 28.8 Å². The summed E-state index contributed by atoms with van der Waals surface area (Å²) in [7, 11) is 0. The van der Waals surface area contributed by atoms with Gasteiger partial charge in [-0.15, -0.1) is 0 Å². The maximum Gasteiger partial charge on any atom is 0.274 e. The van der Waals surface area contributed by atoms with Gasteiger partial charge in [-0.2, -0.15) is 5.10 Å². The van der Waals surface area contributed by atoms with Crippen molar-refractivity contribution in [2.24, 2.45) is 5.92 Å². The van der Waals surface area contributed by atoms with E-state index in [2.05, 4.69) is 25.6 Å². The Bertz CT molecular complexity index is 1350. The highest BCUT2D eigenvalue weighted by Gasteiger charge is 2.22. The fraction of sp³-hybridized carbons (Fsp3) is 0.296. The second-order valence-electron chi connectivity index (χ2n) is 8.98. The van der Waals surface area contributed by atoms with E-state index in [1.807, 2.05) is 48.5 Å². The molecule has 0 bridgehead atoms. The number of nitrogens with one attached hydrogen (secondary N) is 2. The number of hydrogen-bond donors (Lipinski definition) is 3. The van der Waals surface area contributed by atoms with Gasteiger partial charge in [-0.25, -0.2) is 9.50 Å². The molecule has 0 aliphatic carbocycles. The zero-order valence-corrected chi connectivity index (χ0v) is 20.7. The number of amides is 1. The Morgan fingerprint density at radius 1 is 1.11 bits per heavy atom. The van der Waals surface area contributed by atoms with Gasteiger partial charge < -0.3 is 20.6 Å². The number of aliphatic hydroxyl groups is 1. The van der Waals surface area contributed by atoms with Crippen LogP contribution in [0.25, 0.3) is 16.8 Å². The molecule has 1 aliphatic rings. The van der Waals surface area contributed by atoms with Crippen molar-refractivity contribution in [1.82, 2.24) is 19.9 Å². The number of aromatic nitrogens is 3. The van der Waals surface area contributed by atoms with Gasteiger partial charge in [0.25, 0.3) is 5.91 Å². The van der Waals surface area contributed by atoms with Crippen LogP contribution < -0.4 is 15.5 Å². The lowest BCUT2D eigenvalue weighted by Gasteiger charge is -2.34. The van der Waals surface area contributed by atoms with Crippen LogP contribution in [0.2, 0.25) is 5.02 Å². The van der Waals surface area contributed by atoms with Crippen molar-refractivity contribution >= 4 is 34.5 Å². The first-order valence-electron chi connectivity index (χ1n) is 12.2. The molecule has 1 saturated heterocycles. The normalized spacial score (nSPS) is 14.3. The monoisotopic (exact) mass is 504 g/mol. The van der Waals surface area contributed by atoms with E-state index in [0.717, 1.165) is 55.0 Å². The summed E-state index contributed by atoms with van der Waals surface area (Å²) in [6.07, 6.45) is 5.60. The number of anilines is 2. The number of benzene rings is 2. The maximum absolute atomic E-state index is 13.2. The first-order valence-corrected chi connectivity index (χ1v) is 12.6. The predicted molar refractivity (Wildman–Crippen MR) is 143 cm³/mol. The summed E-state index contributed by atoms with van der Waals surface area (Å²) < 4.78 is 1.65. The van der Waals surface area contributed by atoms with Crippen molar-refractivity contribution in [2.45, 2.75) is 12.8 Å². The number of aliphatic hydroxyl groups excluding tert-OH is 1. The number of carbonyl (C=O) groups excluding carboxylic acids is 1. The first-order chi connectivity index (χ1) is 17.6. The molecule has 1 amide bonds. The lowest BCUT2D eigenvalue weighted by Crippen LogP contribution is -2.38. The fourth-order valence-corrected chi connectivity index (χ4v) is 4.85. The summed E-state index contributed by atoms with van der Waals surface area (Å²) in [6, 6.07) is 17.1. The molecule has 0 atom stereocenters. The van der Waals surface area contributed by atoms with Crippen molar-refractivity contribution in [3.63, 3.8) is 0 Å². The van der Waals surface area contributed by atoms with E-state index >= 15 is 0 Å². The molecule has 1 fully saturated rings. The van der Waals surface area contributed by atoms with Crippen LogP contribution in [0.15, 0.2) is 67.0 Å². The number of para-hydroxylation sites is 2. The van der Waals surface area contributed by atoms with Crippen LogP contribution in [0.1, 0.15) is 23.3 Å². The third-order valence-electron chi connectivity index (χ3n) is 6.57. The van der Waals surface area contributed by atoms with Gasteiger partial charge >= 0.3 is 0 Å². The Kier molecular flexibility index (Phi) is 7.46. The number of carbonyl (C=O) groups is 1. The van der Waals surface area contributed by atoms with Crippen molar-refractivity contribution in [1.29, 1.82) is 0 Å². The van der Waals surface area contributed by atoms with Gasteiger partial charge in [0.2, 0.25) is 0 Å². The zero-order chi connectivity index (χ0) is 24.9. The molecule has 9 heteroatoms. The minimum absolute atomic E-state index is 0.163. The molecule has 0 saturated carbocycles. The number of nitrogens with zero attached hydrogens (tertiary/aromatic N) is 4. The smallest absolute Gasteiger partial charge is 0.274 e. The van der Waals surface area contributed by atoms with E-state index in [-0.39, 0.29) is 12.5 Å². The second-order valence-corrected chi connectivity index (χ2v) is 9.42. The molecule has 8 nitrogen and oxygen atoms in total. The number of fused-ring (bicyclic) bond motifs is 1. The van der Waals surface area contributed by atoms with Crippen molar-refractivity contribution in [3.05, 3.63) is 77.7 Å². The van der Waals surface area contributed by atoms with E-state index in [1.165, 1.54) is 0 Å². The Labute approximate surface area is 214 Å². The average molecular weight is 505 g/mol. The van der Waals surface area contributed by atoms with E-state index in [1.54, 1.807) is 23.0 Å². The third-order valence-corrected chi connectivity index (χ3v) is 6.80. The fourth-order valence-electron chi connectivity index (χ4n) is 4.66. The lowest BCUT2D eigenvalue weighted by atomic mass is 9.96. The summed E-state index contributed by atoms with van der Waals surface area (Å²) >= 11 is 6.17. The Morgan fingerprint density at radius 2 is 1.94 bits per heavy atom. The number of hydrogen-bond acceptors (Lipinski definition) is 6. The van der Waals surface area contributed by atoms with Crippen LogP contribution in [0.5, 0.6) is 0 Å². The molecular weight excluding hydrogens is 476 g/mol. The summed E-state index contributed by atoms with van der Waals surface area (Å²) in [5, 5.41) is 20.3. The quantitative estimate of drug-likeness (QED) is 0.313. The van der Waals surface area contributed by atoms with Crippen LogP contribution in [-0.4, -0.2) is 58.4 Å².